The zero-order valence-electron chi connectivity index (χ0n) is 12.9. The number of amides is 1. The van der Waals surface area contributed by atoms with Gasteiger partial charge in [0.05, 0.1) is 13.1 Å². The zero-order chi connectivity index (χ0) is 15.5. The van der Waals surface area contributed by atoms with Crippen molar-refractivity contribution in [3.63, 3.8) is 0 Å². The van der Waals surface area contributed by atoms with E-state index in [1.54, 1.807) is 0 Å². The molecule has 0 saturated heterocycles. The van der Waals surface area contributed by atoms with E-state index in [-0.39, 0.29) is 5.91 Å². The van der Waals surface area contributed by atoms with Gasteiger partial charge in [-0.2, -0.15) is 4.98 Å². The molecule has 1 fully saturated rings. The van der Waals surface area contributed by atoms with E-state index in [1.807, 2.05) is 43.1 Å². The fourth-order valence-corrected chi connectivity index (χ4v) is 2.17. The zero-order valence-corrected chi connectivity index (χ0v) is 12.9. The summed E-state index contributed by atoms with van der Waals surface area (Å²) in [5, 5.41) is 6.95. The summed E-state index contributed by atoms with van der Waals surface area (Å²) in [4.78, 5) is 18.0. The largest absolute Gasteiger partial charge is 0.352 e. The maximum absolute atomic E-state index is 11.7. The van der Waals surface area contributed by atoms with Gasteiger partial charge in [0.1, 0.15) is 0 Å². The first-order valence-corrected chi connectivity index (χ1v) is 7.47. The van der Waals surface area contributed by atoms with Gasteiger partial charge in [-0.3, -0.25) is 9.69 Å². The highest BCUT2D eigenvalue weighted by atomic mass is 16.5. The Morgan fingerprint density at radius 1 is 1.36 bits per heavy atom. The highest BCUT2D eigenvalue weighted by molar-refractivity contribution is 5.78. The van der Waals surface area contributed by atoms with E-state index < -0.39 is 0 Å². The van der Waals surface area contributed by atoms with Gasteiger partial charge in [-0.05, 0) is 26.8 Å². The number of carbonyl (C=O) groups excluding carboxylic acids is 1. The molecule has 0 bridgehead atoms. The van der Waals surface area contributed by atoms with Gasteiger partial charge in [-0.1, -0.05) is 35.0 Å². The van der Waals surface area contributed by atoms with Crippen LogP contribution in [0.4, 0.5) is 0 Å². The molecule has 116 valence electrons. The Kier molecular flexibility index (Phi) is 4.20. The number of rotatable bonds is 6. The molecular weight excluding hydrogens is 280 g/mol. The minimum Gasteiger partial charge on any atom is -0.352 e. The number of nitrogens with zero attached hydrogens (tertiary/aromatic N) is 3. The summed E-state index contributed by atoms with van der Waals surface area (Å²) >= 11 is 0. The van der Waals surface area contributed by atoms with Gasteiger partial charge in [0, 0.05) is 11.6 Å². The molecular formula is C16H20N4O2. The highest BCUT2D eigenvalue weighted by Crippen LogP contribution is 2.18. The standard InChI is InChI=1S/C16H20N4O2/c1-11-3-5-12(6-4-11)16-18-15(22-19-16)10-20(2)9-14(21)17-13-7-8-13/h3-6,13H,7-10H2,1-2H3,(H,17,21). The van der Waals surface area contributed by atoms with Crippen LogP contribution in [0.3, 0.4) is 0 Å². The molecule has 0 unspecified atom stereocenters. The SMILES string of the molecule is Cc1ccc(-c2noc(CN(C)CC(=O)NC3CC3)n2)cc1. The van der Waals surface area contributed by atoms with Gasteiger partial charge < -0.3 is 9.84 Å². The Balaban J connectivity index is 1.56. The molecule has 1 N–H and O–H groups in total. The minimum absolute atomic E-state index is 0.0447. The lowest BCUT2D eigenvalue weighted by molar-refractivity contribution is -0.122. The van der Waals surface area contributed by atoms with E-state index in [1.165, 1.54) is 5.56 Å². The summed E-state index contributed by atoms with van der Waals surface area (Å²) in [6.45, 7) is 2.82. The van der Waals surface area contributed by atoms with Crippen LogP contribution in [-0.4, -0.2) is 40.6 Å². The molecule has 22 heavy (non-hydrogen) atoms. The van der Waals surface area contributed by atoms with E-state index >= 15 is 0 Å². The molecule has 2 aromatic rings. The van der Waals surface area contributed by atoms with Crippen molar-refractivity contribution in [3.05, 3.63) is 35.7 Å². The van der Waals surface area contributed by atoms with Crippen molar-refractivity contribution in [2.75, 3.05) is 13.6 Å². The molecule has 0 radical (unpaired) electrons. The molecule has 0 atom stereocenters. The Morgan fingerprint density at radius 2 is 2.09 bits per heavy atom. The first-order chi connectivity index (χ1) is 10.6. The smallest absolute Gasteiger partial charge is 0.241 e. The number of hydrogen-bond acceptors (Lipinski definition) is 5. The van der Waals surface area contributed by atoms with Crippen molar-refractivity contribution in [2.24, 2.45) is 0 Å². The minimum atomic E-state index is 0.0447. The van der Waals surface area contributed by atoms with Gasteiger partial charge in [0.25, 0.3) is 0 Å². The monoisotopic (exact) mass is 300 g/mol. The normalized spacial score (nSPS) is 14.3. The van der Waals surface area contributed by atoms with Crippen molar-refractivity contribution < 1.29 is 9.32 Å². The molecule has 3 rings (SSSR count). The van der Waals surface area contributed by atoms with Gasteiger partial charge in [0.15, 0.2) is 0 Å². The number of aromatic nitrogens is 2. The third-order valence-corrected chi connectivity index (χ3v) is 3.54. The van der Waals surface area contributed by atoms with Crippen LogP contribution in [0.15, 0.2) is 28.8 Å². The first-order valence-electron chi connectivity index (χ1n) is 7.47. The Bertz CT molecular complexity index is 646. The van der Waals surface area contributed by atoms with Crippen LogP contribution in [0.2, 0.25) is 0 Å². The molecule has 1 saturated carbocycles. The summed E-state index contributed by atoms with van der Waals surface area (Å²) in [6, 6.07) is 8.35. The van der Waals surface area contributed by atoms with Crippen LogP contribution in [-0.2, 0) is 11.3 Å². The van der Waals surface area contributed by atoms with Gasteiger partial charge in [-0.15, -0.1) is 0 Å². The van der Waals surface area contributed by atoms with Crippen molar-refractivity contribution in [2.45, 2.75) is 32.4 Å². The van der Waals surface area contributed by atoms with E-state index in [4.69, 9.17) is 4.52 Å². The molecule has 1 aliphatic carbocycles. The summed E-state index contributed by atoms with van der Waals surface area (Å²) in [7, 11) is 1.86. The van der Waals surface area contributed by atoms with Crippen LogP contribution < -0.4 is 5.32 Å². The highest BCUT2D eigenvalue weighted by Gasteiger charge is 2.23. The van der Waals surface area contributed by atoms with Gasteiger partial charge >= 0.3 is 0 Å². The molecule has 1 aromatic carbocycles. The number of likely N-dealkylation sites (N-methyl/N-ethyl adjacent to an activating group) is 1. The van der Waals surface area contributed by atoms with Crippen molar-refractivity contribution in [3.8, 4) is 11.4 Å². The number of aryl methyl sites for hydroxylation is 1. The molecule has 1 heterocycles. The lowest BCUT2D eigenvalue weighted by Gasteiger charge is -2.13. The van der Waals surface area contributed by atoms with Gasteiger partial charge in [0.2, 0.25) is 17.6 Å². The topological polar surface area (TPSA) is 71.3 Å². The predicted molar refractivity (Wildman–Crippen MR) is 82.0 cm³/mol. The van der Waals surface area contributed by atoms with Crippen LogP contribution >= 0.6 is 0 Å². The lowest BCUT2D eigenvalue weighted by Crippen LogP contribution is -2.35. The second-order valence-electron chi connectivity index (χ2n) is 5.89. The Morgan fingerprint density at radius 3 is 2.77 bits per heavy atom. The number of nitrogens with one attached hydrogen (secondary N) is 1. The summed E-state index contributed by atoms with van der Waals surface area (Å²) < 4.78 is 5.26. The molecule has 6 heteroatoms. The Hall–Kier alpha value is -2.21. The maximum Gasteiger partial charge on any atom is 0.241 e. The third kappa shape index (κ3) is 3.92. The Labute approximate surface area is 129 Å². The fraction of sp³-hybridized carbons (Fsp3) is 0.438. The molecule has 6 nitrogen and oxygen atoms in total. The van der Waals surface area contributed by atoms with Crippen molar-refractivity contribution in [1.82, 2.24) is 20.4 Å². The molecule has 1 aliphatic rings. The molecule has 1 aromatic heterocycles. The number of hydrogen-bond donors (Lipinski definition) is 1. The van der Waals surface area contributed by atoms with E-state index in [2.05, 4.69) is 15.5 Å². The quantitative estimate of drug-likeness (QED) is 0.880. The van der Waals surface area contributed by atoms with E-state index in [0.717, 1.165) is 18.4 Å². The number of benzene rings is 1. The van der Waals surface area contributed by atoms with Crippen molar-refractivity contribution in [1.29, 1.82) is 0 Å². The van der Waals surface area contributed by atoms with E-state index in [9.17, 15) is 4.79 Å². The summed E-state index contributed by atoms with van der Waals surface area (Å²) in [5.41, 5.74) is 2.11. The lowest BCUT2D eigenvalue weighted by atomic mass is 10.1. The summed E-state index contributed by atoms with van der Waals surface area (Å²) in [6.07, 6.45) is 2.19. The second-order valence-corrected chi connectivity index (χ2v) is 5.89. The average molecular weight is 300 g/mol. The third-order valence-electron chi connectivity index (χ3n) is 3.54. The van der Waals surface area contributed by atoms with Crippen LogP contribution in [0, 0.1) is 6.92 Å². The van der Waals surface area contributed by atoms with E-state index in [0.29, 0.717) is 30.8 Å². The molecule has 0 spiro atoms. The average Bonchev–Trinajstić information content (AvgIpc) is 3.16. The van der Waals surface area contributed by atoms with Crippen molar-refractivity contribution >= 4 is 5.91 Å². The number of carbonyl (C=O) groups is 1. The van der Waals surface area contributed by atoms with Crippen LogP contribution in [0.1, 0.15) is 24.3 Å². The van der Waals surface area contributed by atoms with Crippen LogP contribution in [0.25, 0.3) is 11.4 Å². The molecule has 1 amide bonds. The maximum atomic E-state index is 11.7. The van der Waals surface area contributed by atoms with Gasteiger partial charge in [-0.25, -0.2) is 0 Å². The molecule has 0 aliphatic heterocycles. The fourth-order valence-electron chi connectivity index (χ4n) is 2.17. The van der Waals surface area contributed by atoms with Crippen LogP contribution in [0.5, 0.6) is 0 Å². The summed E-state index contributed by atoms with van der Waals surface area (Å²) in [5.74, 6) is 1.13. The second kappa shape index (κ2) is 6.27. The first kappa shape index (κ1) is 14.7. The predicted octanol–water partition coefficient (Wildman–Crippen LogP) is 1.76.